The van der Waals surface area contributed by atoms with E-state index < -0.39 is 0 Å². The molecule has 0 spiro atoms. The lowest BCUT2D eigenvalue weighted by molar-refractivity contribution is 0.335. The highest BCUT2D eigenvalue weighted by Crippen LogP contribution is 2.32. The van der Waals surface area contributed by atoms with Gasteiger partial charge in [-0.2, -0.15) is 0 Å². The fourth-order valence-electron chi connectivity index (χ4n) is 1.67. The Morgan fingerprint density at radius 2 is 2.24 bits per heavy atom. The third-order valence-electron chi connectivity index (χ3n) is 2.46. The van der Waals surface area contributed by atoms with Crippen LogP contribution in [0.5, 0.6) is 5.75 Å². The summed E-state index contributed by atoms with van der Waals surface area (Å²) in [5.74, 6) is 0.858. The maximum absolute atomic E-state index is 6.27. The van der Waals surface area contributed by atoms with E-state index in [1.165, 1.54) is 0 Å². The van der Waals surface area contributed by atoms with Crippen molar-refractivity contribution in [3.05, 3.63) is 50.6 Å². The molecule has 0 bridgehead atoms. The molecule has 0 aliphatic heterocycles. The van der Waals surface area contributed by atoms with Gasteiger partial charge in [0.2, 0.25) is 0 Å². The van der Waals surface area contributed by atoms with Gasteiger partial charge in [0, 0.05) is 14.9 Å². The van der Waals surface area contributed by atoms with E-state index in [4.69, 9.17) is 10.5 Å². The van der Waals surface area contributed by atoms with Crippen LogP contribution in [0.15, 0.2) is 40.2 Å². The van der Waals surface area contributed by atoms with Crippen molar-refractivity contribution in [2.24, 2.45) is 5.73 Å². The van der Waals surface area contributed by atoms with Crippen molar-refractivity contribution in [1.82, 2.24) is 0 Å². The van der Waals surface area contributed by atoms with Gasteiger partial charge >= 0.3 is 0 Å². The van der Waals surface area contributed by atoms with Crippen LogP contribution in [-0.2, 0) is 0 Å². The molecule has 0 amide bonds. The Morgan fingerprint density at radius 1 is 1.41 bits per heavy atom. The highest BCUT2D eigenvalue weighted by atomic mass is 79.9. The lowest BCUT2D eigenvalue weighted by atomic mass is 10.1. The molecule has 0 saturated heterocycles. The average molecular weight is 312 g/mol. The standard InChI is InChI=1S/C13H14BrNOS/c1-2-16-11-6-5-9(14)8-10(11)13(15)12-4-3-7-17-12/h3-8,13H,2,15H2,1H3/t13-/m1/s1. The summed E-state index contributed by atoms with van der Waals surface area (Å²) in [6.45, 7) is 2.62. The molecule has 4 heteroatoms. The number of rotatable bonds is 4. The van der Waals surface area contributed by atoms with Gasteiger partial charge in [0.05, 0.1) is 12.6 Å². The smallest absolute Gasteiger partial charge is 0.124 e. The Balaban J connectivity index is 2.38. The predicted octanol–water partition coefficient (Wildman–Crippen LogP) is 3.96. The van der Waals surface area contributed by atoms with Crippen molar-refractivity contribution >= 4 is 27.3 Å². The molecule has 0 aliphatic carbocycles. The summed E-state index contributed by atoms with van der Waals surface area (Å²) in [7, 11) is 0. The first-order valence-electron chi connectivity index (χ1n) is 5.43. The van der Waals surface area contributed by atoms with Gasteiger partial charge in [-0.3, -0.25) is 0 Å². The molecule has 90 valence electrons. The molecule has 1 heterocycles. The van der Waals surface area contributed by atoms with Crippen LogP contribution in [0.3, 0.4) is 0 Å². The van der Waals surface area contributed by atoms with E-state index in [-0.39, 0.29) is 6.04 Å². The van der Waals surface area contributed by atoms with Gasteiger partial charge in [-0.05, 0) is 36.6 Å². The van der Waals surface area contributed by atoms with Crippen molar-refractivity contribution < 1.29 is 4.74 Å². The molecular weight excluding hydrogens is 298 g/mol. The van der Waals surface area contributed by atoms with E-state index in [0.29, 0.717) is 6.61 Å². The summed E-state index contributed by atoms with van der Waals surface area (Å²) in [4.78, 5) is 1.14. The maximum Gasteiger partial charge on any atom is 0.124 e. The van der Waals surface area contributed by atoms with Crippen molar-refractivity contribution in [3.63, 3.8) is 0 Å². The lowest BCUT2D eigenvalue weighted by Gasteiger charge is -2.15. The molecule has 2 nitrogen and oxygen atoms in total. The highest BCUT2D eigenvalue weighted by molar-refractivity contribution is 9.10. The third kappa shape index (κ3) is 2.89. The molecule has 1 aromatic heterocycles. The molecular formula is C13H14BrNOS. The van der Waals surface area contributed by atoms with Crippen molar-refractivity contribution in [1.29, 1.82) is 0 Å². The Kier molecular flexibility index (Phi) is 4.20. The van der Waals surface area contributed by atoms with Crippen LogP contribution in [0.1, 0.15) is 23.4 Å². The zero-order valence-electron chi connectivity index (χ0n) is 9.52. The molecule has 2 N–H and O–H groups in total. The first-order chi connectivity index (χ1) is 8.22. The van der Waals surface area contributed by atoms with Crippen LogP contribution in [0.25, 0.3) is 0 Å². The first kappa shape index (κ1) is 12.6. The molecule has 2 rings (SSSR count). The molecule has 0 aliphatic rings. The SMILES string of the molecule is CCOc1ccc(Br)cc1[C@@H](N)c1cccs1. The quantitative estimate of drug-likeness (QED) is 0.927. The minimum atomic E-state index is -0.131. The van der Waals surface area contributed by atoms with Crippen molar-refractivity contribution in [3.8, 4) is 5.75 Å². The lowest BCUT2D eigenvalue weighted by Crippen LogP contribution is -2.12. The van der Waals surface area contributed by atoms with Gasteiger partial charge in [0.1, 0.15) is 5.75 Å². The Morgan fingerprint density at radius 3 is 2.88 bits per heavy atom. The average Bonchev–Trinajstić information content (AvgIpc) is 2.84. The molecule has 1 aromatic carbocycles. The third-order valence-corrected chi connectivity index (χ3v) is 3.91. The van der Waals surface area contributed by atoms with E-state index in [9.17, 15) is 0 Å². The van der Waals surface area contributed by atoms with Gasteiger partial charge in [-0.25, -0.2) is 0 Å². The van der Waals surface area contributed by atoms with E-state index in [1.807, 2.05) is 42.6 Å². The molecule has 0 unspecified atom stereocenters. The molecule has 0 saturated carbocycles. The fourth-order valence-corrected chi connectivity index (χ4v) is 2.79. The summed E-state index contributed by atoms with van der Waals surface area (Å²) >= 11 is 5.13. The number of hydrogen-bond acceptors (Lipinski definition) is 3. The van der Waals surface area contributed by atoms with Crippen LogP contribution >= 0.6 is 27.3 Å². The second-order valence-corrected chi connectivity index (χ2v) is 5.50. The van der Waals surface area contributed by atoms with Gasteiger partial charge in [-0.1, -0.05) is 22.0 Å². The second kappa shape index (κ2) is 5.67. The monoisotopic (exact) mass is 311 g/mol. The van der Waals surface area contributed by atoms with Crippen molar-refractivity contribution in [2.75, 3.05) is 6.61 Å². The van der Waals surface area contributed by atoms with E-state index >= 15 is 0 Å². The summed E-state index contributed by atoms with van der Waals surface area (Å²) < 4.78 is 6.63. The summed E-state index contributed by atoms with van der Waals surface area (Å²) in [5.41, 5.74) is 7.29. The van der Waals surface area contributed by atoms with E-state index in [0.717, 1.165) is 20.7 Å². The number of hydrogen-bond donors (Lipinski definition) is 1. The second-order valence-electron chi connectivity index (χ2n) is 3.61. The molecule has 0 radical (unpaired) electrons. The van der Waals surface area contributed by atoms with Gasteiger partial charge in [-0.15, -0.1) is 11.3 Å². The van der Waals surface area contributed by atoms with E-state index in [1.54, 1.807) is 11.3 Å². The zero-order chi connectivity index (χ0) is 12.3. The fraction of sp³-hybridized carbons (Fsp3) is 0.231. The Labute approximate surface area is 114 Å². The van der Waals surface area contributed by atoms with Crippen LogP contribution in [-0.4, -0.2) is 6.61 Å². The molecule has 0 fully saturated rings. The van der Waals surface area contributed by atoms with Crippen LogP contribution in [0, 0.1) is 0 Å². The van der Waals surface area contributed by atoms with Crippen LogP contribution in [0.4, 0.5) is 0 Å². The first-order valence-corrected chi connectivity index (χ1v) is 7.11. The number of nitrogens with two attached hydrogens (primary N) is 1. The molecule has 2 aromatic rings. The minimum Gasteiger partial charge on any atom is -0.494 e. The predicted molar refractivity (Wildman–Crippen MR) is 75.7 cm³/mol. The van der Waals surface area contributed by atoms with Crippen LogP contribution in [0.2, 0.25) is 0 Å². The topological polar surface area (TPSA) is 35.2 Å². The van der Waals surface area contributed by atoms with Crippen molar-refractivity contribution in [2.45, 2.75) is 13.0 Å². The normalized spacial score (nSPS) is 12.4. The summed E-state index contributed by atoms with van der Waals surface area (Å²) in [6, 6.07) is 9.88. The molecule has 1 atom stereocenters. The Bertz CT molecular complexity index is 484. The maximum atomic E-state index is 6.27. The van der Waals surface area contributed by atoms with E-state index in [2.05, 4.69) is 15.9 Å². The molecule has 17 heavy (non-hydrogen) atoms. The summed E-state index contributed by atoms with van der Waals surface area (Å²) in [6.07, 6.45) is 0. The highest BCUT2D eigenvalue weighted by Gasteiger charge is 2.15. The number of benzene rings is 1. The van der Waals surface area contributed by atoms with Gasteiger partial charge in [0.25, 0.3) is 0 Å². The van der Waals surface area contributed by atoms with Crippen LogP contribution < -0.4 is 10.5 Å². The largest absolute Gasteiger partial charge is 0.494 e. The zero-order valence-corrected chi connectivity index (χ0v) is 11.9. The van der Waals surface area contributed by atoms with Gasteiger partial charge in [0.15, 0.2) is 0 Å². The number of ether oxygens (including phenoxy) is 1. The summed E-state index contributed by atoms with van der Waals surface area (Å²) in [5, 5.41) is 2.04. The Hall–Kier alpha value is -0.840. The van der Waals surface area contributed by atoms with Gasteiger partial charge < -0.3 is 10.5 Å². The number of thiophene rings is 1. The number of halogens is 1. The minimum absolute atomic E-state index is 0.131.